The van der Waals surface area contributed by atoms with E-state index >= 15 is 0 Å². The van der Waals surface area contributed by atoms with Gasteiger partial charge in [0.2, 0.25) is 5.91 Å². The molecule has 0 radical (unpaired) electrons. The van der Waals surface area contributed by atoms with Crippen LogP contribution >= 0.6 is 0 Å². The SMILES string of the molecule is CC[C@H]1OCCC[C@@H]1C(=O)N1CCC(Cn2cccn2)CC1. The molecule has 0 bridgehead atoms. The molecule has 0 N–H and O–H groups in total. The van der Waals surface area contributed by atoms with Crippen LogP contribution in [0.4, 0.5) is 0 Å². The summed E-state index contributed by atoms with van der Waals surface area (Å²) in [4.78, 5) is 14.8. The quantitative estimate of drug-likeness (QED) is 0.858. The normalized spacial score (nSPS) is 27.0. The monoisotopic (exact) mass is 305 g/mol. The van der Waals surface area contributed by atoms with Gasteiger partial charge in [-0.15, -0.1) is 0 Å². The van der Waals surface area contributed by atoms with Gasteiger partial charge in [0.15, 0.2) is 0 Å². The molecule has 0 saturated carbocycles. The van der Waals surface area contributed by atoms with Crippen molar-refractivity contribution in [3.63, 3.8) is 0 Å². The maximum atomic E-state index is 12.8. The number of likely N-dealkylation sites (tertiary alicyclic amines) is 1. The van der Waals surface area contributed by atoms with E-state index < -0.39 is 0 Å². The summed E-state index contributed by atoms with van der Waals surface area (Å²) >= 11 is 0. The molecule has 0 spiro atoms. The Kier molecular flexibility index (Phi) is 5.13. The maximum Gasteiger partial charge on any atom is 0.228 e. The third-order valence-electron chi connectivity index (χ3n) is 5.09. The van der Waals surface area contributed by atoms with Crippen LogP contribution in [0.15, 0.2) is 18.5 Å². The van der Waals surface area contributed by atoms with Crippen LogP contribution in [-0.4, -0.2) is 46.4 Å². The maximum absolute atomic E-state index is 12.8. The average molecular weight is 305 g/mol. The summed E-state index contributed by atoms with van der Waals surface area (Å²) < 4.78 is 7.79. The fraction of sp³-hybridized carbons (Fsp3) is 0.765. The first-order valence-corrected chi connectivity index (χ1v) is 8.65. The topological polar surface area (TPSA) is 47.4 Å². The van der Waals surface area contributed by atoms with Crippen LogP contribution in [0.3, 0.4) is 0 Å². The van der Waals surface area contributed by atoms with Crippen molar-refractivity contribution in [1.82, 2.24) is 14.7 Å². The number of carbonyl (C=O) groups excluding carboxylic acids is 1. The van der Waals surface area contributed by atoms with Crippen molar-refractivity contribution < 1.29 is 9.53 Å². The van der Waals surface area contributed by atoms with Crippen LogP contribution in [0.2, 0.25) is 0 Å². The molecule has 1 aromatic heterocycles. The molecule has 0 unspecified atom stereocenters. The zero-order valence-corrected chi connectivity index (χ0v) is 13.5. The van der Waals surface area contributed by atoms with Crippen molar-refractivity contribution in [2.24, 2.45) is 11.8 Å². The van der Waals surface area contributed by atoms with Crippen molar-refractivity contribution in [2.45, 2.75) is 51.7 Å². The van der Waals surface area contributed by atoms with Crippen molar-refractivity contribution >= 4 is 5.91 Å². The first-order chi connectivity index (χ1) is 10.8. The van der Waals surface area contributed by atoms with E-state index in [-0.39, 0.29) is 12.0 Å². The van der Waals surface area contributed by atoms with Crippen LogP contribution in [-0.2, 0) is 16.1 Å². The molecule has 0 aromatic carbocycles. The summed E-state index contributed by atoms with van der Waals surface area (Å²) in [6, 6.07) is 1.96. The minimum Gasteiger partial charge on any atom is -0.377 e. The van der Waals surface area contributed by atoms with Gasteiger partial charge in [0.25, 0.3) is 0 Å². The van der Waals surface area contributed by atoms with E-state index in [1.807, 2.05) is 23.1 Å². The van der Waals surface area contributed by atoms with Crippen LogP contribution in [0.1, 0.15) is 39.0 Å². The lowest BCUT2D eigenvalue weighted by Gasteiger charge is -2.37. The fourth-order valence-electron chi connectivity index (χ4n) is 3.77. The molecule has 1 amide bonds. The van der Waals surface area contributed by atoms with Gasteiger partial charge in [-0.05, 0) is 44.1 Å². The Morgan fingerprint density at radius 1 is 1.32 bits per heavy atom. The molecule has 1 aromatic rings. The number of ether oxygens (including phenoxy) is 1. The lowest BCUT2D eigenvalue weighted by atomic mass is 9.89. The van der Waals surface area contributed by atoms with E-state index in [1.54, 1.807) is 0 Å². The van der Waals surface area contributed by atoms with E-state index in [1.165, 1.54) is 0 Å². The molecule has 122 valence electrons. The number of piperidine rings is 1. The zero-order chi connectivity index (χ0) is 15.4. The van der Waals surface area contributed by atoms with E-state index in [4.69, 9.17) is 4.74 Å². The summed E-state index contributed by atoms with van der Waals surface area (Å²) in [5.74, 6) is 1.04. The van der Waals surface area contributed by atoms with Crippen molar-refractivity contribution in [3.05, 3.63) is 18.5 Å². The molecule has 22 heavy (non-hydrogen) atoms. The van der Waals surface area contributed by atoms with Crippen LogP contribution in [0, 0.1) is 11.8 Å². The highest BCUT2D eigenvalue weighted by Crippen LogP contribution is 2.27. The summed E-state index contributed by atoms with van der Waals surface area (Å²) in [6.07, 6.45) is 9.07. The second-order valence-corrected chi connectivity index (χ2v) is 6.56. The van der Waals surface area contributed by atoms with Gasteiger partial charge in [-0.2, -0.15) is 5.10 Å². The Morgan fingerprint density at radius 3 is 2.82 bits per heavy atom. The van der Waals surface area contributed by atoms with Gasteiger partial charge in [-0.3, -0.25) is 9.48 Å². The van der Waals surface area contributed by atoms with Gasteiger partial charge in [0, 0.05) is 38.6 Å². The summed E-state index contributed by atoms with van der Waals surface area (Å²) in [7, 11) is 0. The third kappa shape index (κ3) is 3.51. The van der Waals surface area contributed by atoms with Gasteiger partial charge in [0.1, 0.15) is 0 Å². The van der Waals surface area contributed by atoms with Crippen molar-refractivity contribution in [2.75, 3.05) is 19.7 Å². The Bertz CT molecular complexity index is 466. The van der Waals surface area contributed by atoms with E-state index in [0.29, 0.717) is 11.8 Å². The second-order valence-electron chi connectivity index (χ2n) is 6.56. The zero-order valence-electron chi connectivity index (χ0n) is 13.5. The Labute approximate surface area is 132 Å². The van der Waals surface area contributed by atoms with Crippen molar-refractivity contribution in [1.29, 1.82) is 0 Å². The number of hydrogen-bond donors (Lipinski definition) is 0. The predicted molar refractivity (Wildman–Crippen MR) is 84.3 cm³/mol. The molecule has 5 heteroatoms. The first-order valence-electron chi connectivity index (χ1n) is 8.65. The second kappa shape index (κ2) is 7.27. The van der Waals surface area contributed by atoms with Gasteiger partial charge in [-0.1, -0.05) is 6.92 Å². The lowest BCUT2D eigenvalue weighted by Crippen LogP contribution is -2.47. The van der Waals surface area contributed by atoms with E-state index in [0.717, 1.165) is 58.3 Å². The van der Waals surface area contributed by atoms with Gasteiger partial charge in [-0.25, -0.2) is 0 Å². The molecule has 2 aliphatic heterocycles. The number of nitrogens with zero attached hydrogens (tertiary/aromatic N) is 3. The molecule has 5 nitrogen and oxygen atoms in total. The molecular formula is C17H27N3O2. The predicted octanol–water partition coefficient (Wildman–Crippen LogP) is 2.33. The Hall–Kier alpha value is -1.36. The van der Waals surface area contributed by atoms with Gasteiger partial charge >= 0.3 is 0 Å². The molecule has 2 atom stereocenters. The first kappa shape index (κ1) is 15.5. The summed E-state index contributed by atoms with van der Waals surface area (Å²) in [5, 5.41) is 4.28. The van der Waals surface area contributed by atoms with E-state index in [9.17, 15) is 4.79 Å². The number of carbonyl (C=O) groups is 1. The van der Waals surface area contributed by atoms with Gasteiger partial charge < -0.3 is 9.64 Å². The number of amides is 1. The summed E-state index contributed by atoms with van der Waals surface area (Å²) in [5.41, 5.74) is 0. The van der Waals surface area contributed by atoms with Crippen molar-refractivity contribution in [3.8, 4) is 0 Å². The minimum absolute atomic E-state index is 0.0846. The molecule has 2 saturated heterocycles. The average Bonchev–Trinajstić information content (AvgIpc) is 3.08. The lowest BCUT2D eigenvalue weighted by molar-refractivity contribution is -0.146. The smallest absolute Gasteiger partial charge is 0.228 e. The van der Waals surface area contributed by atoms with Crippen LogP contribution in [0.25, 0.3) is 0 Å². The molecule has 2 fully saturated rings. The standard InChI is InChI=1S/C17H27N3O2/c1-2-16-15(5-3-12-22-16)17(21)19-10-6-14(7-11-19)13-20-9-4-8-18-20/h4,8-9,14-16H,2-3,5-7,10-13H2,1H3/t15-,16+/m0/s1. The summed E-state index contributed by atoms with van der Waals surface area (Å²) in [6.45, 7) is 5.68. The molecule has 0 aliphatic carbocycles. The Morgan fingerprint density at radius 2 is 2.14 bits per heavy atom. The van der Waals surface area contributed by atoms with E-state index in [2.05, 4.69) is 16.9 Å². The number of rotatable bonds is 4. The highest BCUT2D eigenvalue weighted by molar-refractivity contribution is 5.79. The molecule has 3 heterocycles. The molecular weight excluding hydrogens is 278 g/mol. The number of hydrogen-bond acceptors (Lipinski definition) is 3. The largest absolute Gasteiger partial charge is 0.377 e. The highest BCUT2D eigenvalue weighted by atomic mass is 16.5. The van der Waals surface area contributed by atoms with Crippen LogP contribution in [0.5, 0.6) is 0 Å². The molecule has 2 aliphatic rings. The highest BCUT2D eigenvalue weighted by Gasteiger charge is 2.35. The third-order valence-corrected chi connectivity index (χ3v) is 5.09. The molecule has 3 rings (SSSR count). The number of aromatic nitrogens is 2. The minimum atomic E-state index is 0.0846. The Balaban J connectivity index is 1.51. The fourth-order valence-corrected chi connectivity index (χ4v) is 3.77. The van der Waals surface area contributed by atoms with Crippen LogP contribution < -0.4 is 0 Å². The van der Waals surface area contributed by atoms with Gasteiger partial charge in [0.05, 0.1) is 12.0 Å².